The van der Waals surface area contributed by atoms with Gasteiger partial charge in [-0.25, -0.2) is 9.67 Å². The fraction of sp³-hybridized carbons (Fsp3) is 0.875. The van der Waals surface area contributed by atoms with Crippen LogP contribution in [0.2, 0.25) is 0 Å². The van der Waals surface area contributed by atoms with Gasteiger partial charge in [-0.2, -0.15) is 5.10 Å². The summed E-state index contributed by atoms with van der Waals surface area (Å²) in [5.41, 5.74) is 0. The molecule has 3 rings (SSSR count). The van der Waals surface area contributed by atoms with Gasteiger partial charge < -0.3 is 5.11 Å². The minimum atomic E-state index is 0.141. The Kier molecular flexibility index (Phi) is 4.60. The quantitative estimate of drug-likeness (QED) is 0.921. The Morgan fingerprint density at radius 3 is 2.76 bits per heavy atom. The molecule has 3 heterocycles. The van der Waals surface area contributed by atoms with E-state index in [1.165, 1.54) is 25.8 Å². The van der Waals surface area contributed by atoms with Gasteiger partial charge in [-0.3, -0.25) is 4.90 Å². The van der Waals surface area contributed by atoms with Gasteiger partial charge in [0.1, 0.15) is 5.82 Å². The molecule has 1 saturated heterocycles. The summed E-state index contributed by atoms with van der Waals surface area (Å²) >= 11 is 0. The van der Waals surface area contributed by atoms with Crippen LogP contribution in [0.1, 0.15) is 63.6 Å². The Labute approximate surface area is 127 Å². The number of aryl methyl sites for hydroxylation is 1. The summed E-state index contributed by atoms with van der Waals surface area (Å²) in [4.78, 5) is 7.36. The van der Waals surface area contributed by atoms with Crippen molar-refractivity contribution in [2.24, 2.45) is 0 Å². The second-order valence-electron chi connectivity index (χ2n) is 6.80. The van der Waals surface area contributed by atoms with Gasteiger partial charge in [-0.05, 0) is 46.1 Å². The third-order valence-electron chi connectivity index (χ3n) is 4.99. The molecule has 0 bridgehead atoms. The monoisotopic (exact) mass is 292 g/mol. The molecule has 1 aromatic rings. The molecule has 2 atom stereocenters. The fourth-order valence-electron chi connectivity index (χ4n) is 3.87. The standard InChI is InChI=1S/C16H28N4O/c1-12(2)19-9-4-3-6-13(19)10-15-17-16-8-5-7-14(11-21)20(16)18-15/h12-14,21H,3-11H2,1-2H3. The summed E-state index contributed by atoms with van der Waals surface area (Å²) in [5, 5.41) is 14.2. The maximum Gasteiger partial charge on any atom is 0.152 e. The summed E-state index contributed by atoms with van der Waals surface area (Å²) in [6.07, 6.45) is 7.98. The maximum atomic E-state index is 9.49. The lowest BCUT2D eigenvalue weighted by Gasteiger charge is -2.38. The highest BCUT2D eigenvalue weighted by molar-refractivity contribution is 5.01. The molecule has 118 valence electrons. The molecule has 2 aliphatic heterocycles. The van der Waals surface area contributed by atoms with Crippen molar-refractivity contribution in [1.29, 1.82) is 0 Å². The fourth-order valence-corrected chi connectivity index (χ4v) is 3.87. The molecular formula is C16H28N4O. The van der Waals surface area contributed by atoms with Gasteiger partial charge in [0.2, 0.25) is 0 Å². The Balaban J connectivity index is 1.74. The smallest absolute Gasteiger partial charge is 0.152 e. The SMILES string of the molecule is CC(C)N1CCCCC1Cc1nc2n(n1)C(CO)CCC2. The van der Waals surface area contributed by atoms with E-state index in [-0.39, 0.29) is 12.6 Å². The topological polar surface area (TPSA) is 54.2 Å². The van der Waals surface area contributed by atoms with Crippen molar-refractivity contribution in [2.45, 2.75) is 76.9 Å². The summed E-state index contributed by atoms with van der Waals surface area (Å²) in [6.45, 7) is 5.95. The predicted octanol–water partition coefficient (Wildman–Crippen LogP) is 1.95. The lowest BCUT2D eigenvalue weighted by Crippen LogP contribution is -2.45. The average Bonchev–Trinajstić information content (AvgIpc) is 2.89. The second-order valence-corrected chi connectivity index (χ2v) is 6.80. The number of rotatable bonds is 4. The van der Waals surface area contributed by atoms with Gasteiger partial charge in [0.05, 0.1) is 12.6 Å². The van der Waals surface area contributed by atoms with Crippen LogP contribution in [0.3, 0.4) is 0 Å². The molecule has 2 aliphatic rings. The van der Waals surface area contributed by atoms with E-state index in [0.29, 0.717) is 12.1 Å². The second kappa shape index (κ2) is 6.44. The van der Waals surface area contributed by atoms with Gasteiger partial charge in [-0.15, -0.1) is 0 Å². The molecule has 2 unspecified atom stereocenters. The number of nitrogens with zero attached hydrogens (tertiary/aromatic N) is 4. The Morgan fingerprint density at radius 2 is 2.00 bits per heavy atom. The van der Waals surface area contributed by atoms with E-state index in [4.69, 9.17) is 10.1 Å². The van der Waals surface area contributed by atoms with Crippen LogP contribution in [0.15, 0.2) is 0 Å². The van der Waals surface area contributed by atoms with Crippen LogP contribution in [0.5, 0.6) is 0 Å². The number of fused-ring (bicyclic) bond motifs is 1. The van der Waals surface area contributed by atoms with E-state index in [1.807, 2.05) is 4.68 Å². The molecule has 5 nitrogen and oxygen atoms in total. The number of aliphatic hydroxyl groups is 1. The highest BCUT2D eigenvalue weighted by Gasteiger charge is 2.28. The van der Waals surface area contributed by atoms with Crippen molar-refractivity contribution < 1.29 is 5.11 Å². The van der Waals surface area contributed by atoms with Crippen molar-refractivity contribution in [3.05, 3.63) is 11.6 Å². The van der Waals surface area contributed by atoms with Crippen molar-refractivity contribution in [2.75, 3.05) is 13.2 Å². The van der Waals surface area contributed by atoms with Crippen molar-refractivity contribution in [3.63, 3.8) is 0 Å². The molecule has 0 aromatic carbocycles. The molecule has 1 N–H and O–H groups in total. The third kappa shape index (κ3) is 3.14. The molecule has 0 amide bonds. The van der Waals surface area contributed by atoms with Crippen LogP contribution >= 0.6 is 0 Å². The molecule has 0 spiro atoms. The summed E-state index contributed by atoms with van der Waals surface area (Å²) in [7, 11) is 0. The number of aromatic nitrogens is 3. The van der Waals surface area contributed by atoms with E-state index in [2.05, 4.69) is 18.7 Å². The molecule has 0 radical (unpaired) electrons. The maximum absolute atomic E-state index is 9.49. The first-order valence-corrected chi connectivity index (χ1v) is 8.50. The average molecular weight is 292 g/mol. The molecule has 0 saturated carbocycles. The lowest BCUT2D eigenvalue weighted by molar-refractivity contribution is 0.110. The molecular weight excluding hydrogens is 264 g/mol. The Bertz CT molecular complexity index is 471. The highest BCUT2D eigenvalue weighted by Crippen LogP contribution is 2.25. The van der Waals surface area contributed by atoms with Crippen molar-refractivity contribution >= 4 is 0 Å². The highest BCUT2D eigenvalue weighted by atomic mass is 16.3. The molecule has 21 heavy (non-hydrogen) atoms. The van der Waals surface area contributed by atoms with E-state index in [9.17, 15) is 5.11 Å². The van der Waals surface area contributed by atoms with Gasteiger partial charge in [0.25, 0.3) is 0 Å². The van der Waals surface area contributed by atoms with E-state index >= 15 is 0 Å². The van der Waals surface area contributed by atoms with Gasteiger partial charge in [-0.1, -0.05) is 6.42 Å². The van der Waals surface area contributed by atoms with Gasteiger partial charge in [0, 0.05) is 24.9 Å². The van der Waals surface area contributed by atoms with E-state index in [0.717, 1.165) is 37.3 Å². The van der Waals surface area contributed by atoms with Crippen molar-refractivity contribution in [3.8, 4) is 0 Å². The molecule has 5 heteroatoms. The van der Waals surface area contributed by atoms with E-state index < -0.39 is 0 Å². The van der Waals surface area contributed by atoms with Crippen molar-refractivity contribution in [1.82, 2.24) is 19.7 Å². The van der Waals surface area contributed by atoms with Gasteiger partial charge >= 0.3 is 0 Å². The summed E-state index contributed by atoms with van der Waals surface area (Å²) < 4.78 is 1.99. The van der Waals surface area contributed by atoms with Crippen LogP contribution in [0.4, 0.5) is 0 Å². The first kappa shape index (κ1) is 15.0. The van der Waals surface area contributed by atoms with Crippen LogP contribution in [-0.2, 0) is 12.8 Å². The zero-order valence-corrected chi connectivity index (χ0v) is 13.3. The van der Waals surface area contributed by atoms with Gasteiger partial charge in [0.15, 0.2) is 5.82 Å². The number of likely N-dealkylation sites (tertiary alicyclic amines) is 1. The Morgan fingerprint density at radius 1 is 1.19 bits per heavy atom. The number of aliphatic hydroxyl groups excluding tert-OH is 1. The zero-order valence-electron chi connectivity index (χ0n) is 13.3. The zero-order chi connectivity index (χ0) is 14.8. The number of piperidine rings is 1. The minimum absolute atomic E-state index is 0.141. The summed E-state index contributed by atoms with van der Waals surface area (Å²) in [5.74, 6) is 2.05. The minimum Gasteiger partial charge on any atom is -0.394 e. The normalized spacial score (nSPS) is 27.0. The van der Waals surface area contributed by atoms with Crippen LogP contribution in [0.25, 0.3) is 0 Å². The van der Waals surface area contributed by atoms with Crippen LogP contribution < -0.4 is 0 Å². The predicted molar refractivity (Wildman–Crippen MR) is 82.3 cm³/mol. The Hall–Kier alpha value is -0.940. The molecule has 1 aromatic heterocycles. The van der Waals surface area contributed by atoms with Crippen LogP contribution in [0, 0.1) is 0 Å². The molecule has 1 fully saturated rings. The number of hydrogen-bond donors (Lipinski definition) is 1. The summed E-state index contributed by atoms with van der Waals surface area (Å²) in [6, 6.07) is 1.32. The number of hydrogen-bond acceptors (Lipinski definition) is 4. The first-order valence-electron chi connectivity index (χ1n) is 8.50. The lowest BCUT2D eigenvalue weighted by atomic mass is 9.97. The largest absolute Gasteiger partial charge is 0.394 e. The third-order valence-corrected chi connectivity index (χ3v) is 4.99. The van der Waals surface area contributed by atoms with Crippen LogP contribution in [-0.4, -0.2) is 50.0 Å². The molecule has 0 aliphatic carbocycles. The van der Waals surface area contributed by atoms with E-state index in [1.54, 1.807) is 0 Å². The first-order chi connectivity index (χ1) is 10.2.